The summed E-state index contributed by atoms with van der Waals surface area (Å²) in [6, 6.07) is 26.8. The van der Waals surface area contributed by atoms with Crippen LogP contribution in [0.3, 0.4) is 0 Å². The van der Waals surface area contributed by atoms with E-state index in [4.69, 9.17) is 18.9 Å². The topological polar surface area (TPSA) is 49.0 Å². The van der Waals surface area contributed by atoms with E-state index in [0.717, 1.165) is 43.0 Å². The highest BCUT2D eigenvalue weighted by molar-refractivity contribution is 5.33. The first kappa shape index (κ1) is 24.3. The molecule has 0 aromatic heterocycles. The largest absolute Gasteiger partial charge is 0.496 e. The molecule has 0 spiro atoms. The molecule has 4 rings (SSSR count). The van der Waals surface area contributed by atoms with Gasteiger partial charge in [0.15, 0.2) is 0 Å². The van der Waals surface area contributed by atoms with Crippen molar-refractivity contribution in [2.75, 3.05) is 33.4 Å². The Bertz CT molecular complexity index is 977. The molecule has 3 aromatic carbocycles. The third-order valence-corrected chi connectivity index (χ3v) is 6.19. The van der Waals surface area contributed by atoms with Gasteiger partial charge in [-0.3, -0.25) is 0 Å². The number of hydrogen-bond donors (Lipinski definition) is 1. The van der Waals surface area contributed by atoms with E-state index in [2.05, 4.69) is 47.8 Å². The zero-order chi connectivity index (χ0) is 23.4. The first-order valence-electron chi connectivity index (χ1n) is 12.1. The fraction of sp³-hybridized carbons (Fsp3) is 0.379. The first-order chi connectivity index (χ1) is 16.8. The van der Waals surface area contributed by atoms with Crippen LogP contribution in [0.4, 0.5) is 0 Å². The number of nitrogens with one attached hydrogen (secondary N) is 1. The second-order valence-corrected chi connectivity index (χ2v) is 8.57. The van der Waals surface area contributed by atoms with Gasteiger partial charge in [-0.1, -0.05) is 60.7 Å². The predicted octanol–water partition coefficient (Wildman–Crippen LogP) is 5.34. The lowest BCUT2D eigenvalue weighted by Crippen LogP contribution is -2.40. The normalized spacial score (nSPS) is 17.9. The summed E-state index contributed by atoms with van der Waals surface area (Å²) in [5.41, 5.74) is 3.57. The minimum atomic E-state index is 0.118. The van der Waals surface area contributed by atoms with Crippen LogP contribution >= 0.6 is 0 Å². The van der Waals surface area contributed by atoms with Crippen LogP contribution in [0.15, 0.2) is 78.9 Å². The maximum atomic E-state index is 6.36. The van der Waals surface area contributed by atoms with E-state index in [9.17, 15) is 0 Å². The van der Waals surface area contributed by atoms with Crippen molar-refractivity contribution in [1.29, 1.82) is 0 Å². The summed E-state index contributed by atoms with van der Waals surface area (Å²) < 4.78 is 23.5. The van der Waals surface area contributed by atoms with Gasteiger partial charge >= 0.3 is 0 Å². The lowest BCUT2D eigenvalue weighted by atomic mass is 9.87. The van der Waals surface area contributed by atoms with Gasteiger partial charge < -0.3 is 24.3 Å². The van der Waals surface area contributed by atoms with Crippen molar-refractivity contribution in [1.82, 2.24) is 5.32 Å². The third-order valence-electron chi connectivity index (χ3n) is 6.19. The molecule has 0 aliphatic carbocycles. The molecule has 0 bridgehead atoms. The fourth-order valence-electron chi connectivity index (χ4n) is 4.33. The Morgan fingerprint density at radius 3 is 2.47 bits per heavy atom. The zero-order valence-electron chi connectivity index (χ0n) is 20.0. The molecule has 2 unspecified atom stereocenters. The maximum Gasteiger partial charge on any atom is 0.124 e. The summed E-state index contributed by atoms with van der Waals surface area (Å²) >= 11 is 0. The molecule has 34 heavy (non-hydrogen) atoms. The van der Waals surface area contributed by atoms with E-state index in [0.29, 0.717) is 32.3 Å². The Hall–Kier alpha value is -2.86. The van der Waals surface area contributed by atoms with Gasteiger partial charge in [-0.2, -0.15) is 0 Å². The minimum absolute atomic E-state index is 0.118. The Balaban J connectivity index is 1.22. The molecule has 5 nitrogen and oxygen atoms in total. The molecule has 1 N–H and O–H groups in total. The Morgan fingerprint density at radius 1 is 0.853 bits per heavy atom. The number of hydrogen-bond acceptors (Lipinski definition) is 5. The number of piperidine rings is 1. The molecule has 1 aliphatic rings. The molecule has 0 saturated carbocycles. The molecule has 1 saturated heterocycles. The molecule has 5 heteroatoms. The quantitative estimate of drug-likeness (QED) is 0.369. The summed E-state index contributed by atoms with van der Waals surface area (Å²) in [5.74, 6) is 2.12. The number of rotatable bonds is 12. The van der Waals surface area contributed by atoms with Crippen molar-refractivity contribution in [3.8, 4) is 11.5 Å². The first-order valence-corrected chi connectivity index (χ1v) is 12.1. The van der Waals surface area contributed by atoms with E-state index in [-0.39, 0.29) is 6.10 Å². The molecule has 1 fully saturated rings. The van der Waals surface area contributed by atoms with Crippen LogP contribution in [0.2, 0.25) is 0 Å². The lowest BCUT2D eigenvalue weighted by molar-refractivity contribution is 0.00982. The average molecular weight is 462 g/mol. The van der Waals surface area contributed by atoms with Gasteiger partial charge in [0.25, 0.3) is 0 Å². The second kappa shape index (κ2) is 13.1. The number of methoxy groups -OCH3 is 1. The average Bonchev–Trinajstić information content (AvgIpc) is 2.91. The maximum absolute atomic E-state index is 6.36. The Morgan fingerprint density at radius 2 is 1.65 bits per heavy atom. The summed E-state index contributed by atoms with van der Waals surface area (Å²) in [5, 5.41) is 3.47. The Kier molecular flexibility index (Phi) is 9.38. The van der Waals surface area contributed by atoms with Gasteiger partial charge in [0.2, 0.25) is 0 Å². The van der Waals surface area contributed by atoms with Crippen LogP contribution < -0.4 is 14.8 Å². The third kappa shape index (κ3) is 7.07. The lowest BCUT2D eigenvalue weighted by Gasteiger charge is -2.32. The van der Waals surface area contributed by atoms with Crippen LogP contribution in [-0.4, -0.2) is 39.5 Å². The van der Waals surface area contributed by atoms with E-state index in [1.54, 1.807) is 7.11 Å². The van der Waals surface area contributed by atoms with Crippen molar-refractivity contribution in [2.24, 2.45) is 0 Å². The SMILES string of the molecule is COc1ccccc1COC1CNCCC1c1ccc(OCCCOCc2ccccc2)cc1. The number of benzene rings is 3. The number of ether oxygens (including phenoxy) is 4. The molecule has 1 aliphatic heterocycles. The van der Waals surface area contributed by atoms with Crippen molar-refractivity contribution < 1.29 is 18.9 Å². The summed E-state index contributed by atoms with van der Waals surface area (Å²) in [7, 11) is 1.70. The van der Waals surface area contributed by atoms with Gasteiger partial charge in [0.05, 0.1) is 39.6 Å². The van der Waals surface area contributed by atoms with Gasteiger partial charge in [0.1, 0.15) is 11.5 Å². The molecule has 180 valence electrons. The highest BCUT2D eigenvalue weighted by Crippen LogP contribution is 2.30. The summed E-state index contributed by atoms with van der Waals surface area (Å²) in [6.07, 6.45) is 2.03. The van der Waals surface area contributed by atoms with E-state index in [1.165, 1.54) is 11.1 Å². The molecule has 2 atom stereocenters. The van der Waals surface area contributed by atoms with Crippen molar-refractivity contribution in [3.05, 3.63) is 95.6 Å². The van der Waals surface area contributed by atoms with E-state index < -0.39 is 0 Å². The van der Waals surface area contributed by atoms with Crippen LogP contribution in [0.5, 0.6) is 11.5 Å². The van der Waals surface area contributed by atoms with E-state index >= 15 is 0 Å². The standard InChI is InChI=1S/C29H35NO4/c1-31-28-11-6-5-10-25(28)22-34-29-20-30-17-16-27(29)24-12-14-26(15-13-24)33-19-7-18-32-21-23-8-3-2-4-9-23/h2-6,8-15,27,29-30H,7,16-22H2,1H3. The second-order valence-electron chi connectivity index (χ2n) is 8.57. The smallest absolute Gasteiger partial charge is 0.124 e. The molecular formula is C29H35NO4. The van der Waals surface area contributed by atoms with Gasteiger partial charge in [-0.15, -0.1) is 0 Å². The van der Waals surface area contributed by atoms with E-state index in [1.807, 2.05) is 36.4 Å². The molecule has 0 amide bonds. The molecule has 0 radical (unpaired) electrons. The van der Waals surface area contributed by atoms with Crippen molar-refractivity contribution >= 4 is 0 Å². The summed E-state index contributed by atoms with van der Waals surface area (Å²) in [4.78, 5) is 0. The van der Waals surface area contributed by atoms with Crippen LogP contribution in [0.25, 0.3) is 0 Å². The Labute approximate surface area is 203 Å². The predicted molar refractivity (Wildman–Crippen MR) is 134 cm³/mol. The monoisotopic (exact) mass is 461 g/mol. The number of para-hydroxylation sites is 1. The van der Waals surface area contributed by atoms with Crippen molar-refractivity contribution in [3.63, 3.8) is 0 Å². The highest BCUT2D eigenvalue weighted by atomic mass is 16.5. The summed E-state index contributed by atoms with van der Waals surface area (Å²) in [6.45, 7) is 4.37. The van der Waals surface area contributed by atoms with Crippen LogP contribution in [-0.2, 0) is 22.7 Å². The zero-order valence-corrected chi connectivity index (χ0v) is 20.0. The molecule has 1 heterocycles. The highest BCUT2D eigenvalue weighted by Gasteiger charge is 2.27. The fourth-order valence-corrected chi connectivity index (χ4v) is 4.33. The molecule has 3 aromatic rings. The van der Waals surface area contributed by atoms with Gasteiger partial charge in [0, 0.05) is 24.4 Å². The van der Waals surface area contributed by atoms with Gasteiger partial charge in [-0.25, -0.2) is 0 Å². The minimum Gasteiger partial charge on any atom is -0.496 e. The van der Waals surface area contributed by atoms with Crippen LogP contribution in [0, 0.1) is 0 Å². The molecular weight excluding hydrogens is 426 g/mol. The van der Waals surface area contributed by atoms with Crippen LogP contribution in [0.1, 0.15) is 35.4 Å². The van der Waals surface area contributed by atoms with Gasteiger partial charge in [-0.05, 0) is 42.3 Å². The van der Waals surface area contributed by atoms with Crippen molar-refractivity contribution in [2.45, 2.75) is 38.1 Å².